The van der Waals surface area contributed by atoms with E-state index in [0.717, 1.165) is 89.4 Å². The van der Waals surface area contributed by atoms with Gasteiger partial charge in [0.1, 0.15) is 0 Å². The zero-order chi connectivity index (χ0) is 32.3. The van der Waals surface area contributed by atoms with E-state index in [0.29, 0.717) is 0 Å². The molecule has 8 bridgehead atoms. The standard InChI is InChI=1S/C45H28N4/c1-3-10-28(11-4-1)30-20-22-31(23-21-30)33-25-41-37-17-8-15-35-34-14-7-16-36(44(34)49-45(35)37)40-24-32(29-12-5-2-6-13-29)26-42(47-40)38-18-9-19-39(46-38)43(27-33)48-41/h1-27,49H. The number of rotatable bonds is 3. The third-order valence-corrected chi connectivity index (χ3v) is 9.58. The molecule has 0 radical (unpaired) electrons. The van der Waals surface area contributed by atoms with Gasteiger partial charge in [-0.15, -0.1) is 0 Å². The number of para-hydroxylation sites is 2. The minimum Gasteiger partial charge on any atom is -0.353 e. The van der Waals surface area contributed by atoms with Crippen LogP contribution >= 0.6 is 0 Å². The smallest absolute Gasteiger partial charge is 0.0900 e. The van der Waals surface area contributed by atoms with Crippen LogP contribution in [0.4, 0.5) is 0 Å². The summed E-state index contributed by atoms with van der Waals surface area (Å²) in [6, 6.07) is 57.5. The number of aromatic amines is 1. The second-order valence-corrected chi connectivity index (χ2v) is 12.6. The van der Waals surface area contributed by atoms with Crippen LogP contribution in [-0.4, -0.2) is 19.9 Å². The van der Waals surface area contributed by atoms with E-state index in [1.165, 1.54) is 11.1 Å². The first-order chi connectivity index (χ1) is 24.2. The maximum atomic E-state index is 5.29. The molecule has 5 aromatic carbocycles. The van der Waals surface area contributed by atoms with Gasteiger partial charge < -0.3 is 4.98 Å². The molecular formula is C45H28N4. The minimum absolute atomic E-state index is 0.800. The maximum absolute atomic E-state index is 5.29. The lowest BCUT2D eigenvalue weighted by Gasteiger charge is -2.13. The first-order valence-corrected chi connectivity index (χ1v) is 16.5. The quantitative estimate of drug-likeness (QED) is 0.213. The van der Waals surface area contributed by atoms with Gasteiger partial charge >= 0.3 is 0 Å². The molecule has 4 nitrogen and oxygen atoms in total. The SMILES string of the molecule is c1ccc(-c2ccc(-c3cc4nc(c3)-c3cccc5c3[nH]c3c(cccc35)-c3cc(-c5ccccc5)cc(n3)-c3cccc-4n3)cc2)cc1. The number of nitrogens with zero attached hydrogens (tertiary/aromatic N) is 3. The summed E-state index contributed by atoms with van der Waals surface area (Å²) in [6.07, 6.45) is 0. The normalized spacial score (nSPS) is 11.7. The summed E-state index contributed by atoms with van der Waals surface area (Å²) in [5, 5.41) is 2.31. The summed E-state index contributed by atoms with van der Waals surface area (Å²) >= 11 is 0. The van der Waals surface area contributed by atoms with Crippen molar-refractivity contribution >= 4 is 21.8 Å². The van der Waals surface area contributed by atoms with Crippen molar-refractivity contribution in [3.05, 3.63) is 164 Å². The van der Waals surface area contributed by atoms with E-state index in [9.17, 15) is 0 Å². The van der Waals surface area contributed by atoms with Crippen LogP contribution in [0.15, 0.2) is 164 Å². The van der Waals surface area contributed by atoms with Crippen LogP contribution in [0.1, 0.15) is 0 Å². The Morgan fingerprint density at radius 3 is 1.18 bits per heavy atom. The Morgan fingerprint density at radius 1 is 0.286 bits per heavy atom. The van der Waals surface area contributed by atoms with Crippen molar-refractivity contribution in [2.45, 2.75) is 0 Å². The number of benzene rings is 5. The zero-order valence-corrected chi connectivity index (χ0v) is 26.4. The molecule has 10 rings (SSSR count). The predicted octanol–water partition coefficient (Wildman–Crippen LogP) is 11.5. The fraction of sp³-hybridized carbons (Fsp3) is 0. The Bertz CT molecular complexity index is 2690. The lowest BCUT2D eigenvalue weighted by atomic mass is 9.97. The Labute approximate surface area is 283 Å². The van der Waals surface area contributed by atoms with Crippen LogP contribution < -0.4 is 0 Å². The molecule has 5 heterocycles. The van der Waals surface area contributed by atoms with Crippen molar-refractivity contribution in [2.24, 2.45) is 0 Å². The highest BCUT2D eigenvalue weighted by atomic mass is 14.8. The molecule has 0 spiro atoms. The van der Waals surface area contributed by atoms with Gasteiger partial charge in [0.05, 0.1) is 45.2 Å². The number of hydrogen-bond acceptors (Lipinski definition) is 3. The van der Waals surface area contributed by atoms with Crippen molar-refractivity contribution in [2.75, 3.05) is 0 Å². The number of aromatic nitrogens is 4. The zero-order valence-electron chi connectivity index (χ0n) is 26.4. The van der Waals surface area contributed by atoms with E-state index in [1.54, 1.807) is 0 Å². The van der Waals surface area contributed by atoms with Gasteiger partial charge in [-0.05, 0) is 69.8 Å². The number of pyridine rings is 3. The molecule has 4 aromatic heterocycles. The first-order valence-electron chi connectivity index (χ1n) is 16.5. The third kappa shape index (κ3) is 4.65. The van der Waals surface area contributed by atoms with Gasteiger partial charge in [-0.25, -0.2) is 15.0 Å². The fourth-order valence-electron chi connectivity index (χ4n) is 7.14. The van der Waals surface area contributed by atoms with Gasteiger partial charge in [-0.1, -0.05) is 127 Å². The Morgan fingerprint density at radius 2 is 0.673 bits per heavy atom. The molecule has 0 unspecified atom stereocenters. The molecule has 1 aliphatic heterocycles. The topological polar surface area (TPSA) is 54.5 Å². The third-order valence-electron chi connectivity index (χ3n) is 9.58. The van der Waals surface area contributed by atoms with Crippen LogP contribution in [0.25, 0.3) is 100 Å². The van der Waals surface area contributed by atoms with Gasteiger partial charge in [0.25, 0.3) is 0 Å². The van der Waals surface area contributed by atoms with E-state index < -0.39 is 0 Å². The highest BCUT2D eigenvalue weighted by Crippen LogP contribution is 2.40. The maximum Gasteiger partial charge on any atom is 0.0900 e. The molecule has 9 aromatic rings. The molecule has 0 saturated carbocycles. The van der Waals surface area contributed by atoms with Gasteiger partial charge in [0.2, 0.25) is 0 Å². The van der Waals surface area contributed by atoms with E-state index >= 15 is 0 Å². The average molecular weight is 625 g/mol. The lowest BCUT2D eigenvalue weighted by Crippen LogP contribution is -1.97. The molecule has 1 N–H and O–H groups in total. The number of nitrogens with one attached hydrogen (secondary N) is 1. The molecule has 0 amide bonds. The van der Waals surface area contributed by atoms with Crippen LogP contribution in [0, 0.1) is 0 Å². The lowest BCUT2D eigenvalue weighted by molar-refractivity contribution is 1.22. The van der Waals surface area contributed by atoms with Crippen LogP contribution in [0.5, 0.6) is 0 Å². The molecule has 49 heavy (non-hydrogen) atoms. The van der Waals surface area contributed by atoms with Crippen LogP contribution in [-0.2, 0) is 0 Å². The first kappa shape index (κ1) is 27.5. The van der Waals surface area contributed by atoms with E-state index in [1.807, 2.05) is 24.3 Å². The molecule has 4 heteroatoms. The van der Waals surface area contributed by atoms with Crippen molar-refractivity contribution in [3.8, 4) is 78.7 Å². The van der Waals surface area contributed by atoms with Crippen LogP contribution in [0.3, 0.4) is 0 Å². The largest absolute Gasteiger partial charge is 0.353 e. The minimum atomic E-state index is 0.800. The monoisotopic (exact) mass is 624 g/mol. The summed E-state index contributed by atoms with van der Waals surface area (Å²) in [6.45, 7) is 0. The Hall–Kier alpha value is -6.65. The molecule has 0 saturated heterocycles. The second kappa shape index (κ2) is 11.0. The summed E-state index contributed by atoms with van der Waals surface area (Å²) in [7, 11) is 0. The number of H-pyrrole nitrogens is 1. The van der Waals surface area contributed by atoms with E-state index in [-0.39, 0.29) is 0 Å². The molecule has 228 valence electrons. The van der Waals surface area contributed by atoms with Crippen molar-refractivity contribution in [3.63, 3.8) is 0 Å². The van der Waals surface area contributed by atoms with Crippen molar-refractivity contribution in [1.82, 2.24) is 19.9 Å². The Kier molecular flexibility index (Phi) is 6.15. The van der Waals surface area contributed by atoms with Crippen LogP contribution in [0.2, 0.25) is 0 Å². The van der Waals surface area contributed by atoms with Crippen molar-refractivity contribution < 1.29 is 0 Å². The van der Waals surface area contributed by atoms with Gasteiger partial charge in [-0.3, -0.25) is 0 Å². The molecule has 0 fully saturated rings. The molecule has 1 aliphatic rings. The predicted molar refractivity (Wildman–Crippen MR) is 201 cm³/mol. The molecule has 0 aliphatic carbocycles. The van der Waals surface area contributed by atoms with E-state index in [2.05, 4.69) is 145 Å². The van der Waals surface area contributed by atoms with E-state index in [4.69, 9.17) is 15.0 Å². The number of fused-ring (bicyclic) bond motifs is 11. The average Bonchev–Trinajstić information content (AvgIpc) is 3.57. The molecular weight excluding hydrogens is 597 g/mol. The summed E-state index contributed by atoms with van der Waals surface area (Å²) in [5.41, 5.74) is 16.0. The second-order valence-electron chi connectivity index (χ2n) is 12.6. The summed E-state index contributed by atoms with van der Waals surface area (Å²) in [4.78, 5) is 19.6. The summed E-state index contributed by atoms with van der Waals surface area (Å²) in [5.74, 6) is 0. The fourth-order valence-corrected chi connectivity index (χ4v) is 7.14. The van der Waals surface area contributed by atoms with Gasteiger partial charge in [-0.2, -0.15) is 0 Å². The number of hydrogen-bond donors (Lipinski definition) is 1. The summed E-state index contributed by atoms with van der Waals surface area (Å²) < 4.78 is 0. The highest BCUT2D eigenvalue weighted by Gasteiger charge is 2.19. The van der Waals surface area contributed by atoms with Gasteiger partial charge in [0.15, 0.2) is 0 Å². The van der Waals surface area contributed by atoms with Crippen molar-refractivity contribution in [1.29, 1.82) is 0 Å². The van der Waals surface area contributed by atoms with Gasteiger partial charge in [0, 0.05) is 21.9 Å². The Balaban J connectivity index is 1.26. The molecule has 0 atom stereocenters. The highest BCUT2D eigenvalue weighted by molar-refractivity contribution is 6.15.